The van der Waals surface area contributed by atoms with Crippen molar-refractivity contribution in [2.75, 3.05) is 0 Å². The van der Waals surface area contributed by atoms with Gasteiger partial charge in [0, 0.05) is 0 Å². The molecule has 56 valence electrons. The minimum Gasteiger partial charge on any atom is -0.389 e. The van der Waals surface area contributed by atoms with Crippen LogP contribution >= 0.6 is 0 Å². The van der Waals surface area contributed by atoms with Crippen molar-refractivity contribution in [1.29, 1.82) is 0 Å². The maximum absolute atomic E-state index is 9.47. The molecule has 0 aliphatic heterocycles. The molecule has 0 aromatic carbocycles. The van der Waals surface area contributed by atoms with E-state index in [1.54, 1.807) is 5.57 Å². The second kappa shape index (κ2) is 2.39. The lowest BCUT2D eigenvalue weighted by molar-refractivity contribution is 0.207. The van der Waals surface area contributed by atoms with Gasteiger partial charge in [0.15, 0.2) is 0 Å². The van der Waals surface area contributed by atoms with E-state index in [2.05, 4.69) is 0 Å². The Bertz CT molecular complexity index is 170. The standard InChI is InChI=1S/C9H14O/c10-9-6-5-7-3-1-2-4-8(7)9/h9-10H,1-6H2. The van der Waals surface area contributed by atoms with Crippen LogP contribution in [0.5, 0.6) is 0 Å². The molecule has 1 unspecified atom stereocenters. The van der Waals surface area contributed by atoms with Crippen molar-refractivity contribution in [2.45, 2.75) is 44.6 Å². The molecule has 0 spiro atoms. The first-order chi connectivity index (χ1) is 4.88. The van der Waals surface area contributed by atoms with Crippen LogP contribution in [0.3, 0.4) is 0 Å². The van der Waals surface area contributed by atoms with E-state index >= 15 is 0 Å². The molecule has 2 aliphatic carbocycles. The zero-order valence-electron chi connectivity index (χ0n) is 6.27. The van der Waals surface area contributed by atoms with Crippen LogP contribution in [0.2, 0.25) is 0 Å². The fourth-order valence-corrected chi connectivity index (χ4v) is 2.16. The molecule has 0 aromatic rings. The summed E-state index contributed by atoms with van der Waals surface area (Å²) in [5.41, 5.74) is 2.98. The Morgan fingerprint density at radius 1 is 1.10 bits per heavy atom. The summed E-state index contributed by atoms with van der Waals surface area (Å²) in [4.78, 5) is 0. The van der Waals surface area contributed by atoms with E-state index in [0.29, 0.717) is 0 Å². The van der Waals surface area contributed by atoms with Crippen molar-refractivity contribution >= 4 is 0 Å². The summed E-state index contributed by atoms with van der Waals surface area (Å²) in [6.45, 7) is 0. The Kier molecular flexibility index (Phi) is 1.53. The highest BCUT2D eigenvalue weighted by Gasteiger charge is 2.24. The Morgan fingerprint density at radius 2 is 1.90 bits per heavy atom. The lowest BCUT2D eigenvalue weighted by Crippen LogP contribution is -2.06. The summed E-state index contributed by atoms with van der Waals surface area (Å²) in [5, 5.41) is 9.47. The lowest BCUT2D eigenvalue weighted by atomic mass is 9.93. The highest BCUT2D eigenvalue weighted by atomic mass is 16.3. The first-order valence-electron chi connectivity index (χ1n) is 4.27. The number of rotatable bonds is 0. The van der Waals surface area contributed by atoms with Crippen molar-refractivity contribution in [3.63, 3.8) is 0 Å². The Labute approximate surface area is 61.8 Å². The minimum absolute atomic E-state index is 0.0599. The van der Waals surface area contributed by atoms with Crippen LogP contribution in [0.25, 0.3) is 0 Å². The van der Waals surface area contributed by atoms with Crippen LogP contribution in [-0.4, -0.2) is 11.2 Å². The SMILES string of the molecule is OC1CCC2=C1CCCC2. The van der Waals surface area contributed by atoms with Crippen molar-refractivity contribution in [2.24, 2.45) is 0 Å². The summed E-state index contributed by atoms with van der Waals surface area (Å²) < 4.78 is 0. The van der Waals surface area contributed by atoms with Gasteiger partial charge in [0.2, 0.25) is 0 Å². The Balaban J connectivity index is 2.20. The van der Waals surface area contributed by atoms with Gasteiger partial charge in [-0.3, -0.25) is 0 Å². The molecular formula is C9H14O. The first kappa shape index (κ1) is 6.41. The summed E-state index contributed by atoms with van der Waals surface area (Å²) in [7, 11) is 0. The molecule has 10 heavy (non-hydrogen) atoms. The summed E-state index contributed by atoms with van der Waals surface area (Å²) >= 11 is 0. The molecule has 0 amide bonds. The fourth-order valence-electron chi connectivity index (χ4n) is 2.16. The van der Waals surface area contributed by atoms with Gasteiger partial charge in [0.25, 0.3) is 0 Å². The molecule has 2 rings (SSSR count). The maximum atomic E-state index is 9.47. The third-order valence-electron chi connectivity index (χ3n) is 2.75. The van der Waals surface area contributed by atoms with Crippen LogP contribution in [-0.2, 0) is 0 Å². The maximum Gasteiger partial charge on any atom is 0.0755 e. The molecule has 0 radical (unpaired) electrons. The Hall–Kier alpha value is -0.300. The average Bonchev–Trinajstić information content (AvgIpc) is 2.34. The molecule has 0 saturated carbocycles. The minimum atomic E-state index is -0.0599. The predicted molar refractivity (Wildman–Crippen MR) is 40.7 cm³/mol. The zero-order valence-corrected chi connectivity index (χ0v) is 6.27. The van der Waals surface area contributed by atoms with Gasteiger partial charge in [-0.2, -0.15) is 0 Å². The molecule has 0 aromatic heterocycles. The average molecular weight is 138 g/mol. The second-order valence-corrected chi connectivity index (χ2v) is 3.39. The highest BCUT2D eigenvalue weighted by molar-refractivity contribution is 5.25. The number of aliphatic hydroxyl groups is 1. The van der Waals surface area contributed by atoms with E-state index in [1.165, 1.54) is 37.7 Å². The number of hydrogen-bond donors (Lipinski definition) is 1. The van der Waals surface area contributed by atoms with E-state index in [-0.39, 0.29) is 6.10 Å². The van der Waals surface area contributed by atoms with Gasteiger partial charge in [0.05, 0.1) is 6.10 Å². The predicted octanol–water partition coefficient (Wildman–Crippen LogP) is 2.01. The third kappa shape index (κ3) is 0.891. The fraction of sp³-hybridized carbons (Fsp3) is 0.778. The molecule has 2 aliphatic rings. The van der Waals surface area contributed by atoms with Gasteiger partial charge in [-0.05, 0) is 44.1 Å². The molecule has 0 heterocycles. The number of aliphatic hydroxyl groups excluding tert-OH is 1. The van der Waals surface area contributed by atoms with Crippen molar-refractivity contribution in [3.05, 3.63) is 11.1 Å². The summed E-state index contributed by atoms with van der Waals surface area (Å²) in [6.07, 6.45) is 7.22. The normalized spacial score (nSPS) is 32.7. The van der Waals surface area contributed by atoms with E-state index < -0.39 is 0 Å². The first-order valence-corrected chi connectivity index (χ1v) is 4.27. The zero-order chi connectivity index (χ0) is 6.97. The van der Waals surface area contributed by atoms with Crippen LogP contribution in [0, 0.1) is 0 Å². The van der Waals surface area contributed by atoms with Crippen molar-refractivity contribution < 1.29 is 5.11 Å². The number of hydrogen-bond acceptors (Lipinski definition) is 1. The van der Waals surface area contributed by atoms with E-state index in [1.807, 2.05) is 0 Å². The topological polar surface area (TPSA) is 20.2 Å². The lowest BCUT2D eigenvalue weighted by Gasteiger charge is -2.15. The van der Waals surface area contributed by atoms with E-state index in [4.69, 9.17) is 0 Å². The highest BCUT2D eigenvalue weighted by Crippen LogP contribution is 2.36. The molecule has 1 nitrogen and oxygen atoms in total. The van der Waals surface area contributed by atoms with Gasteiger partial charge < -0.3 is 5.11 Å². The summed E-state index contributed by atoms with van der Waals surface area (Å²) in [5.74, 6) is 0. The monoisotopic (exact) mass is 138 g/mol. The van der Waals surface area contributed by atoms with Crippen LogP contribution in [0.15, 0.2) is 11.1 Å². The van der Waals surface area contributed by atoms with Gasteiger partial charge in [-0.25, -0.2) is 0 Å². The van der Waals surface area contributed by atoms with Crippen LogP contribution in [0.4, 0.5) is 0 Å². The van der Waals surface area contributed by atoms with Gasteiger partial charge >= 0.3 is 0 Å². The molecule has 0 saturated heterocycles. The van der Waals surface area contributed by atoms with Crippen LogP contribution < -0.4 is 0 Å². The Morgan fingerprint density at radius 3 is 2.70 bits per heavy atom. The third-order valence-corrected chi connectivity index (χ3v) is 2.75. The molecule has 0 fully saturated rings. The van der Waals surface area contributed by atoms with Gasteiger partial charge in [-0.1, -0.05) is 5.57 Å². The number of allylic oxidation sites excluding steroid dienone is 1. The van der Waals surface area contributed by atoms with Gasteiger partial charge in [0.1, 0.15) is 0 Å². The van der Waals surface area contributed by atoms with Crippen molar-refractivity contribution in [1.82, 2.24) is 0 Å². The largest absolute Gasteiger partial charge is 0.389 e. The van der Waals surface area contributed by atoms with Crippen molar-refractivity contribution in [3.8, 4) is 0 Å². The molecule has 1 heteroatoms. The van der Waals surface area contributed by atoms with Gasteiger partial charge in [-0.15, -0.1) is 0 Å². The molecule has 1 N–H and O–H groups in total. The molecule has 1 atom stereocenters. The second-order valence-electron chi connectivity index (χ2n) is 3.39. The van der Waals surface area contributed by atoms with E-state index in [0.717, 1.165) is 6.42 Å². The smallest absolute Gasteiger partial charge is 0.0755 e. The quantitative estimate of drug-likeness (QED) is 0.508. The summed E-state index contributed by atoms with van der Waals surface area (Å²) in [6, 6.07) is 0. The van der Waals surface area contributed by atoms with E-state index in [9.17, 15) is 5.11 Å². The molecule has 0 bridgehead atoms. The van der Waals surface area contributed by atoms with Crippen LogP contribution in [0.1, 0.15) is 38.5 Å². The molecular weight excluding hydrogens is 124 g/mol.